The average molecular weight is 1050 g/mol. The molecule has 0 aromatic carbocycles. The number of esters is 1. The zero-order chi connectivity index (χ0) is 53.5. The van der Waals surface area contributed by atoms with Crippen molar-refractivity contribution in [2.45, 2.75) is 359 Å². The fourth-order valence-corrected chi connectivity index (χ4v) is 10.3. The summed E-state index contributed by atoms with van der Waals surface area (Å²) in [6, 6.07) is 0. The van der Waals surface area contributed by atoms with Gasteiger partial charge in [-0.2, -0.15) is 0 Å². The van der Waals surface area contributed by atoms with Crippen LogP contribution in [0.4, 0.5) is 0 Å². The highest BCUT2D eigenvalue weighted by atomic mass is 16.7. The summed E-state index contributed by atoms with van der Waals surface area (Å²) >= 11 is 0. The van der Waals surface area contributed by atoms with Crippen LogP contribution < -0.4 is 0 Å². The number of hydrogen-bond acceptors (Lipinski definition) is 9. The Labute approximate surface area is 458 Å². The zero-order valence-corrected chi connectivity index (χ0v) is 48.9. The van der Waals surface area contributed by atoms with E-state index in [-0.39, 0.29) is 19.2 Å². The maximum atomic E-state index is 12.9. The minimum atomic E-state index is -1.54. The molecule has 9 heteroatoms. The zero-order valence-electron chi connectivity index (χ0n) is 48.9. The molecule has 1 aliphatic rings. The van der Waals surface area contributed by atoms with Crippen molar-refractivity contribution in [1.82, 2.24) is 0 Å². The molecule has 0 radical (unpaired) electrons. The molecule has 1 fully saturated rings. The Bertz CT molecular complexity index is 1190. The number of allylic oxidation sites excluding steroid dienone is 4. The second-order valence-electron chi connectivity index (χ2n) is 22.6. The van der Waals surface area contributed by atoms with Gasteiger partial charge in [0.25, 0.3) is 0 Å². The summed E-state index contributed by atoms with van der Waals surface area (Å²) in [5.74, 6) is -0.306. The van der Waals surface area contributed by atoms with E-state index in [2.05, 4.69) is 38.2 Å². The van der Waals surface area contributed by atoms with E-state index in [0.717, 1.165) is 32.1 Å². The lowest BCUT2D eigenvalue weighted by molar-refractivity contribution is -0.305. The minimum absolute atomic E-state index is 0.108. The van der Waals surface area contributed by atoms with Gasteiger partial charge in [-0.3, -0.25) is 4.79 Å². The Kier molecular flexibility index (Phi) is 53.9. The summed E-state index contributed by atoms with van der Waals surface area (Å²) in [6.07, 6.45) is 63.9. The van der Waals surface area contributed by atoms with Crippen LogP contribution >= 0.6 is 0 Å². The Balaban J connectivity index is 2.09. The van der Waals surface area contributed by atoms with Gasteiger partial charge in [0, 0.05) is 13.0 Å². The number of carbonyl (C=O) groups is 1. The van der Waals surface area contributed by atoms with E-state index in [1.54, 1.807) is 0 Å². The van der Waals surface area contributed by atoms with E-state index in [4.69, 9.17) is 18.9 Å². The molecule has 0 aliphatic carbocycles. The topological polar surface area (TPSA) is 135 Å². The first kappa shape index (κ1) is 70.7. The van der Waals surface area contributed by atoms with E-state index in [1.807, 2.05) is 0 Å². The monoisotopic (exact) mass is 1050 g/mol. The maximum absolute atomic E-state index is 12.9. The summed E-state index contributed by atoms with van der Waals surface area (Å²) in [5, 5.41) is 40.4. The van der Waals surface area contributed by atoms with Crippen molar-refractivity contribution in [2.24, 2.45) is 0 Å². The van der Waals surface area contributed by atoms with Gasteiger partial charge in [0.05, 0.1) is 19.8 Å². The largest absolute Gasteiger partial charge is 0.457 e. The van der Waals surface area contributed by atoms with Crippen LogP contribution in [0.15, 0.2) is 24.3 Å². The molecule has 0 aromatic heterocycles. The lowest BCUT2D eigenvalue weighted by Crippen LogP contribution is -2.59. The molecule has 4 N–H and O–H groups in total. The molecule has 6 unspecified atom stereocenters. The van der Waals surface area contributed by atoms with Gasteiger partial charge >= 0.3 is 5.97 Å². The highest BCUT2D eigenvalue weighted by molar-refractivity contribution is 5.69. The predicted octanol–water partition coefficient (Wildman–Crippen LogP) is 17.6. The average Bonchev–Trinajstić information content (AvgIpc) is 3.40. The van der Waals surface area contributed by atoms with Crippen LogP contribution in [0.1, 0.15) is 322 Å². The molecule has 438 valence electrons. The molecule has 0 bridgehead atoms. The van der Waals surface area contributed by atoms with Crippen LogP contribution in [0.3, 0.4) is 0 Å². The smallest absolute Gasteiger partial charge is 0.306 e. The Morgan fingerprint density at radius 1 is 0.419 bits per heavy atom. The van der Waals surface area contributed by atoms with Crippen LogP contribution in [0, 0.1) is 0 Å². The van der Waals surface area contributed by atoms with Gasteiger partial charge in [0.15, 0.2) is 6.29 Å². The first-order chi connectivity index (χ1) is 36.4. The summed E-state index contributed by atoms with van der Waals surface area (Å²) in [4.78, 5) is 12.9. The van der Waals surface area contributed by atoms with Gasteiger partial charge in [-0.15, -0.1) is 0 Å². The molecule has 0 saturated carbocycles. The van der Waals surface area contributed by atoms with Crippen LogP contribution in [-0.2, 0) is 23.7 Å². The number of aliphatic hydroxyl groups excluding tert-OH is 4. The van der Waals surface area contributed by atoms with E-state index < -0.39 is 43.4 Å². The number of aliphatic hydroxyl groups is 4. The van der Waals surface area contributed by atoms with Crippen molar-refractivity contribution < 1.29 is 44.2 Å². The van der Waals surface area contributed by atoms with Gasteiger partial charge in [0.2, 0.25) is 0 Å². The third-order valence-electron chi connectivity index (χ3n) is 15.3. The Morgan fingerprint density at radius 2 is 0.743 bits per heavy atom. The molecular formula is C65H124O9. The molecule has 1 rings (SSSR count). The number of rotatable bonds is 58. The first-order valence-electron chi connectivity index (χ1n) is 32.4. The maximum Gasteiger partial charge on any atom is 0.306 e. The van der Waals surface area contributed by atoms with Gasteiger partial charge in [0.1, 0.15) is 30.5 Å². The number of hydrogen-bond donors (Lipinski definition) is 4. The first-order valence-corrected chi connectivity index (χ1v) is 32.4. The van der Waals surface area contributed by atoms with E-state index in [9.17, 15) is 25.2 Å². The van der Waals surface area contributed by atoms with Crippen molar-refractivity contribution in [3.8, 4) is 0 Å². The standard InChI is InChI=1S/C65H124O9/c1-3-5-7-9-11-13-15-17-19-21-23-25-27-29-31-33-35-37-39-41-43-45-47-49-51-53-55-71-57-59(58-72-65-64(70)63(69)62(68)60(56-66)74-65)73-61(67)54-52-50-48-46-44-42-40-38-36-34-32-30-28-26-24-22-20-18-16-14-12-10-8-6-4-2/h21-24,59-60,62-66,68-70H,3-20,25-58H2,1-2H3/b23-21-,24-22-. The van der Waals surface area contributed by atoms with Crippen molar-refractivity contribution in [2.75, 3.05) is 26.4 Å². The van der Waals surface area contributed by atoms with Crippen LogP contribution in [0.2, 0.25) is 0 Å². The number of carbonyl (C=O) groups excluding carboxylic acids is 1. The van der Waals surface area contributed by atoms with Gasteiger partial charge in [-0.1, -0.05) is 276 Å². The Morgan fingerprint density at radius 3 is 1.09 bits per heavy atom. The molecule has 1 heterocycles. The lowest BCUT2D eigenvalue weighted by Gasteiger charge is -2.39. The second kappa shape index (κ2) is 56.4. The predicted molar refractivity (Wildman–Crippen MR) is 312 cm³/mol. The molecule has 6 atom stereocenters. The third kappa shape index (κ3) is 45.7. The lowest BCUT2D eigenvalue weighted by atomic mass is 9.99. The number of ether oxygens (including phenoxy) is 4. The molecule has 74 heavy (non-hydrogen) atoms. The van der Waals surface area contributed by atoms with E-state index in [1.165, 1.54) is 270 Å². The molecule has 1 saturated heterocycles. The quantitative estimate of drug-likeness (QED) is 0.0267. The fraction of sp³-hybridized carbons (Fsp3) is 0.923. The van der Waals surface area contributed by atoms with Crippen molar-refractivity contribution in [3.05, 3.63) is 24.3 Å². The fourth-order valence-electron chi connectivity index (χ4n) is 10.3. The van der Waals surface area contributed by atoms with E-state index >= 15 is 0 Å². The molecule has 9 nitrogen and oxygen atoms in total. The minimum Gasteiger partial charge on any atom is -0.457 e. The van der Waals surface area contributed by atoms with E-state index in [0.29, 0.717) is 13.0 Å². The van der Waals surface area contributed by atoms with Gasteiger partial charge in [-0.05, 0) is 64.2 Å². The normalized spacial score (nSPS) is 18.6. The molecule has 0 aromatic rings. The van der Waals surface area contributed by atoms with Crippen molar-refractivity contribution >= 4 is 5.97 Å². The summed E-state index contributed by atoms with van der Waals surface area (Å²) in [5.41, 5.74) is 0. The Hall–Kier alpha value is -1.33. The molecule has 0 spiro atoms. The van der Waals surface area contributed by atoms with Gasteiger partial charge in [-0.25, -0.2) is 0 Å². The van der Waals surface area contributed by atoms with Crippen molar-refractivity contribution in [3.63, 3.8) is 0 Å². The second-order valence-corrected chi connectivity index (χ2v) is 22.6. The van der Waals surface area contributed by atoms with Gasteiger partial charge < -0.3 is 39.4 Å². The van der Waals surface area contributed by atoms with Crippen LogP contribution in [0.5, 0.6) is 0 Å². The summed E-state index contributed by atoms with van der Waals surface area (Å²) in [6.45, 7) is 4.63. The molecule has 0 amide bonds. The summed E-state index contributed by atoms with van der Waals surface area (Å²) in [7, 11) is 0. The molecular weight excluding hydrogens is 925 g/mol. The SMILES string of the molecule is CCCCCCCCCC/C=C\CCCCCCCCCCCCCCCCOCC(COC1OC(CO)C(O)C(O)C1O)OC(=O)CCCCCCCCCCCCCCC/C=C\CCCCCCCCCC. The van der Waals surface area contributed by atoms with Crippen LogP contribution in [0.25, 0.3) is 0 Å². The van der Waals surface area contributed by atoms with Crippen LogP contribution in [-0.4, -0.2) is 89.6 Å². The highest BCUT2D eigenvalue weighted by Crippen LogP contribution is 2.23. The summed E-state index contributed by atoms with van der Waals surface area (Å²) < 4.78 is 23.0. The molecule has 1 aliphatic heterocycles. The van der Waals surface area contributed by atoms with Crippen molar-refractivity contribution in [1.29, 1.82) is 0 Å². The third-order valence-corrected chi connectivity index (χ3v) is 15.3. The highest BCUT2D eigenvalue weighted by Gasteiger charge is 2.44. The number of unbranched alkanes of at least 4 members (excludes halogenated alkanes) is 43.